The maximum atomic E-state index is 15.5. The molecule has 0 fully saturated rings. The number of Topliss-reactive ketones (excluding diaryl/α,β-unsaturated/α-hetero) is 1. The first-order valence-electron chi connectivity index (χ1n) is 10.8. The number of halogens is 1. The third kappa shape index (κ3) is 4.79. The molecule has 0 atom stereocenters. The number of fused-ring (bicyclic) bond motifs is 1. The van der Waals surface area contributed by atoms with Crippen molar-refractivity contribution in [3.05, 3.63) is 71.6 Å². The predicted octanol–water partition coefficient (Wildman–Crippen LogP) is 3.54. The third-order valence-electron chi connectivity index (χ3n) is 5.62. The first kappa shape index (κ1) is 24.1. The maximum absolute atomic E-state index is 15.5. The van der Waals surface area contributed by atoms with E-state index in [0.717, 1.165) is 0 Å². The van der Waals surface area contributed by atoms with E-state index in [9.17, 15) is 14.7 Å². The van der Waals surface area contributed by atoms with Crippen molar-refractivity contribution >= 4 is 22.9 Å². The minimum atomic E-state index is -0.672. The number of hydrogen-bond donors (Lipinski definition) is 2. The molecule has 0 aliphatic carbocycles. The van der Waals surface area contributed by atoms with Crippen LogP contribution in [0.5, 0.6) is 5.75 Å². The summed E-state index contributed by atoms with van der Waals surface area (Å²) in [6.45, 7) is 1.98. The van der Waals surface area contributed by atoms with Crippen LogP contribution in [0.4, 0.5) is 10.1 Å². The van der Waals surface area contributed by atoms with Crippen molar-refractivity contribution in [1.82, 2.24) is 14.2 Å². The lowest BCUT2D eigenvalue weighted by atomic mass is 10.0. The molecule has 0 unspecified atom stereocenters. The van der Waals surface area contributed by atoms with Crippen LogP contribution in [0.2, 0.25) is 0 Å². The first-order chi connectivity index (χ1) is 16.9. The second-order valence-corrected chi connectivity index (χ2v) is 7.92. The summed E-state index contributed by atoms with van der Waals surface area (Å²) in [7, 11) is 3.07. The molecule has 10 heteroatoms. The molecule has 0 spiro atoms. The van der Waals surface area contributed by atoms with Crippen molar-refractivity contribution in [3.63, 3.8) is 0 Å². The molecule has 0 saturated carbocycles. The number of rotatable bonds is 9. The quantitative estimate of drug-likeness (QED) is 0.355. The minimum Gasteiger partial charge on any atom is -0.497 e. The van der Waals surface area contributed by atoms with Crippen molar-refractivity contribution in [1.29, 1.82) is 0 Å². The molecular formula is C25H25FN4O5. The number of aliphatic hydroxyl groups excluding tert-OH is 1. The summed E-state index contributed by atoms with van der Waals surface area (Å²) >= 11 is 0. The van der Waals surface area contributed by atoms with Crippen LogP contribution in [0.3, 0.4) is 0 Å². The lowest BCUT2D eigenvalue weighted by molar-refractivity contribution is 0.101. The number of benzene rings is 1. The van der Waals surface area contributed by atoms with Gasteiger partial charge in [0.1, 0.15) is 5.75 Å². The Labute approximate surface area is 200 Å². The Morgan fingerprint density at radius 1 is 1.20 bits per heavy atom. The lowest BCUT2D eigenvalue weighted by Crippen LogP contribution is -2.13. The van der Waals surface area contributed by atoms with Gasteiger partial charge in [-0.15, -0.1) is 0 Å². The Kier molecular flexibility index (Phi) is 6.94. The molecular weight excluding hydrogens is 455 g/mol. The molecule has 1 amide bonds. The van der Waals surface area contributed by atoms with Gasteiger partial charge in [0.25, 0.3) is 5.91 Å². The number of aliphatic hydroxyl groups is 1. The van der Waals surface area contributed by atoms with Crippen LogP contribution in [-0.4, -0.2) is 51.8 Å². The van der Waals surface area contributed by atoms with Crippen LogP contribution in [0, 0.1) is 5.82 Å². The van der Waals surface area contributed by atoms with Crippen LogP contribution in [0.1, 0.15) is 33.3 Å². The van der Waals surface area contributed by atoms with Crippen LogP contribution in [-0.2, 0) is 17.9 Å². The number of pyridine rings is 1. The number of aromatic nitrogens is 3. The molecule has 0 aliphatic rings. The van der Waals surface area contributed by atoms with E-state index < -0.39 is 11.7 Å². The monoisotopic (exact) mass is 480 g/mol. The van der Waals surface area contributed by atoms with Gasteiger partial charge in [-0.3, -0.25) is 14.3 Å². The number of nitrogens with zero attached hydrogens (tertiary/aromatic N) is 3. The van der Waals surface area contributed by atoms with Crippen molar-refractivity contribution in [3.8, 4) is 16.9 Å². The molecule has 0 bridgehead atoms. The summed E-state index contributed by atoms with van der Waals surface area (Å²) in [5.41, 5.74) is 1.90. The van der Waals surface area contributed by atoms with E-state index in [0.29, 0.717) is 41.2 Å². The van der Waals surface area contributed by atoms with Gasteiger partial charge in [-0.25, -0.2) is 4.39 Å². The number of carbonyl (C=O) groups excluding carboxylic acids is 2. The van der Waals surface area contributed by atoms with Gasteiger partial charge in [-0.2, -0.15) is 5.10 Å². The zero-order valence-corrected chi connectivity index (χ0v) is 19.5. The summed E-state index contributed by atoms with van der Waals surface area (Å²) < 4.78 is 29.0. The number of carbonyl (C=O) groups is 2. The maximum Gasteiger partial charge on any atom is 0.257 e. The summed E-state index contributed by atoms with van der Waals surface area (Å²) in [4.78, 5) is 25.4. The zero-order valence-electron chi connectivity index (χ0n) is 19.5. The number of hydrogen-bond acceptors (Lipinski definition) is 6. The molecule has 3 heterocycles. The van der Waals surface area contributed by atoms with Crippen LogP contribution in [0.15, 0.2) is 48.9 Å². The molecule has 3 aromatic heterocycles. The average Bonchev–Trinajstić information content (AvgIpc) is 3.48. The van der Waals surface area contributed by atoms with E-state index in [1.165, 1.54) is 38.4 Å². The minimum absolute atomic E-state index is 0.104. The van der Waals surface area contributed by atoms with Gasteiger partial charge in [-0.1, -0.05) is 0 Å². The normalized spacial score (nSPS) is 11.1. The summed E-state index contributed by atoms with van der Waals surface area (Å²) in [6.07, 6.45) is 4.80. The SMILES string of the molecule is COCCn1cc(-c2cc(CO)cc(NC(=O)c3cc(C(C)=O)n4ccc(OC)cc34)c2F)cn1. The second kappa shape index (κ2) is 10.1. The number of ketones is 1. The molecule has 0 saturated heterocycles. The molecule has 0 radical (unpaired) electrons. The fraction of sp³-hybridized carbons (Fsp3) is 0.240. The number of ether oxygens (including phenoxy) is 2. The highest BCUT2D eigenvalue weighted by Crippen LogP contribution is 2.31. The summed E-state index contributed by atoms with van der Waals surface area (Å²) in [5.74, 6) is -1.01. The summed E-state index contributed by atoms with van der Waals surface area (Å²) in [6, 6.07) is 7.64. The van der Waals surface area contributed by atoms with E-state index in [1.807, 2.05) is 0 Å². The fourth-order valence-electron chi connectivity index (χ4n) is 3.83. The van der Waals surface area contributed by atoms with Gasteiger partial charge in [0, 0.05) is 43.6 Å². The Morgan fingerprint density at radius 2 is 2.00 bits per heavy atom. The molecule has 2 N–H and O–H groups in total. The standard InChI is InChI=1S/C25H25FN4O5/c1-15(32)22-11-20(23-10-18(35-3)4-5-30(22)23)25(33)28-21-9-16(14-31)8-19(24(21)26)17-12-27-29(13-17)6-7-34-2/h4-5,8-13,31H,6-7,14H2,1-3H3,(H,28,33). The molecule has 0 aliphatic heterocycles. The van der Waals surface area contributed by atoms with Crippen molar-refractivity contribution in [2.24, 2.45) is 0 Å². The molecule has 182 valence electrons. The highest BCUT2D eigenvalue weighted by molar-refractivity contribution is 6.11. The van der Waals surface area contributed by atoms with E-state index >= 15 is 4.39 Å². The molecule has 35 heavy (non-hydrogen) atoms. The van der Waals surface area contributed by atoms with Crippen LogP contribution >= 0.6 is 0 Å². The van der Waals surface area contributed by atoms with Crippen molar-refractivity contribution in [2.75, 3.05) is 26.1 Å². The van der Waals surface area contributed by atoms with Crippen molar-refractivity contribution in [2.45, 2.75) is 20.1 Å². The number of anilines is 1. The average molecular weight is 480 g/mol. The Bertz CT molecular complexity index is 1410. The van der Waals surface area contributed by atoms with Crippen LogP contribution < -0.4 is 10.1 Å². The summed E-state index contributed by atoms with van der Waals surface area (Å²) in [5, 5.41) is 16.5. The Hall–Kier alpha value is -4.02. The third-order valence-corrected chi connectivity index (χ3v) is 5.62. The van der Waals surface area contributed by atoms with Gasteiger partial charge in [0.2, 0.25) is 0 Å². The Morgan fingerprint density at radius 3 is 2.69 bits per heavy atom. The van der Waals surface area contributed by atoms with E-state index in [4.69, 9.17) is 9.47 Å². The van der Waals surface area contributed by atoms with E-state index in [-0.39, 0.29) is 29.2 Å². The number of amides is 1. The lowest BCUT2D eigenvalue weighted by Gasteiger charge is -2.12. The van der Waals surface area contributed by atoms with Gasteiger partial charge >= 0.3 is 0 Å². The molecule has 4 aromatic rings. The van der Waals surface area contributed by atoms with Gasteiger partial charge in [-0.05, 0) is 29.8 Å². The largest absolute Gasteiger partial charge is 0.497 e. The second-order valence-electron chi connectivity index (χ2n) is 7.92. The fourth-order valence-corrected chi connectivity index (χ4v) is 3.83. The topological polar surface area (TPSA) is 107 Å². The van der Waals surface area contributed by atoms with E-state index in [1.54, 1.807) is 40.7 Å². The first-order valence-corrected chi connectivity index (χ1v) is 10.8. The molecule has 1 aromatic carbocycles. The smallest absolute Gasteiger partial charge is 0.257 e. The number of nitrogens with one attached hydrogen (secondary N) is 1. The van der Waals surface area contributed by atoms with Crippen LogP contribution in [0.25, 0.3) is 16.6 Å². The highest BCUT2D eigenvalue weighted by Gasteiger charge is 2.21. The zero-order chi connectivity index (χ0) is 25.1. The Balaban J connectivity index is 1.73. The van der Waals surface area contributed by atoms with Gasteiger partial charge in [0.15, 0.2) is 11.6 Å². The van der Waals surface area contributed by atoms with Crippen molar-refractivity contribution < 1.29 is 28.6 Å². The molecule has 9 nitrogen and oxygen atoms in total. The van der Waals surface area contributed by atoms with Gasteiger partial charge < -0.3 is 24.3 Å². The predicted molar refractivity (Wildman–Crippen MR) is 127 cm³/mol. The highest BCUT2D eigenvalue weighted by atomic mass is 19.1. The molecule has 4 rings (SSSR count). The van der Waals surface area contributed by atoms with E-state index in [2.05, 4.69) is 10.4 Å². The number of methoxy groups -OCH3 is 2. The van der Waals surface area contributed by atoms with Gasteiger partial charge in [0.05, 0.1) is 55.5 Å².